The Morgan fingerprint density at radius 1 is 1.21 bits per heavy atom. The zero-order valence-corrected chi connectivity index (χ0v) is 22.6. The number of thioether (sulfide) groups is 1. The number of carbonyl (C=O) groups is 2. The summed E-state index contributed by atoms with van der Waals surface area (Å²) in [6, 6.07) is 7.78. The number of likely N-dealkylation sites (N-methyl/N-ethyl adjacent to an activating group) is 1. The lowest BCUT2D eigenvalue weighted by molar-refractivity contribution is -0.152. The van der Waals surface area contributed by atoms with Crippen LogP contribution < -0.4 is 4.90 Å². The molecule has 7 heteroatoms. The lowest BCUT2D eigenvalue weighted by atomic mass is 10.1. The van der Waals surface area contributed by atoms with Gasteiger partial charge in [-0.3, -0.25) is 9.59 Å². The molecule has 0 bridgehead atoms. The van der Waals surface area contributed by atoms with Crippen LogP contribution in [0.5, 0.6) is 0 Å². The summed E-state index contributed by atoms with van der Waals surface area (Å²) in [6.45, 7) is 16.5. The van der Waals surface area contributed by atoms with Crippen LogP contribution in [0.25, 0.3) is 0 Å². The summed E-state index contributed by atoms with van der Waals surface area (Å²) in [5, 5.41) is -0.299. The van der Waals surface area contributed by atoms with Crippen LogP contribution in [-0.2, 0) is 19.1 Å². The number of ether oxygens (including phenoxy) is 2. The van der Waals surface area contributed by atoms with E-state index in [1.54, 1.807) is 12.0 Å². The average Bonchev–Trinajstić information content (AvgIpc) is 2.89. The van der Waals surface area contributed by atoms with E-state index in [0.29, 0.717) is 6.54 Å². The van der Waals surface area contributed by atoms with Crippen molar-refractivity contribution in [2.75, 3.05) is 39.2 Å². The summed E-state index contributed by atoms with van der Waals surface area (Å²) in [6.07, 6.45) is 2.24. The SMILES string of the molecule is C=C(C)C1Sc2ccccc2N(CCN(C)C)C(=O)C1OC(C)=O.CC.CC/C=C(\C)OC. The molecule has 0 radical (unpaired) electrons. The molecule has 0 saturated heterocycles. The molecule has 1 amide bonds. The first-order valence-corrected chi connectivity index (χ1v) is 12.2. The Bertz CT molecular complexity index is 792. The second kappa shape index (κ2) is 16.4. The summed E-state index contributed by atoms with van der Waals surface area (Å²) >= 11 is 1.52. The molecule has 2 atom stereocenters. The number of fused-ring (bicyclic) bond motifs is 1. The number of benzene rings is 1. The van der Waals surface area contributed by atoms with Gasteiger partial charge in [0, 0.05) is 24.9 Å². The summed E-state index contributed by atoms with van der Waals surface area (Å²) in [4.78, 5) is 29.4. The van der Waals surface area contributed by atoms with Gasteiger partial charge in [0.15, 0.2) is 6.10 Å². The maximum Gasteiger partial charge on any atom is 0.303 e. The minimum atomic E-state index is -0.862. The second-order valence-electron chi connectivity index (χ2n) is 7.60. The number of esters is 1. The highest BCUT2D eigenvalue weighted by Crippen LogP contribution is 2.41. The average molecular weight is 479 g/mol. The molecule has 0 fully saturated rings. The Hall–Kier alpha value is -2.25. The third-order valence-electron chi connectivity index (χ3n) is 4.56. The lowest BCUT2D eigenvalue weighted by Gasteiger charge is -2.28. The molecule has 6 nitrogen and oxygen atoms in total. The van der Waals surface area contributed by atoms with Gasteiger partial charge in [-0.05, 0) is 52.6 Å². The predicted octanol–water partition coefficient (Wildman–Crippen LogP) is 5.54. The Balaban J connectivity index is 0.000000973. The molecule has 1 aromatic carbocycles. The Morgan fingerprint density at radius 3 is 2.27 bits per heavy atom. The molecule has 2 unspecified atom stereocenters. The first-order chi connectivity index (χ1) is 15.6. The first kappa shape index (κ1) is 30.8. The van der Waals surface area contributed by atoms with Crippen molar-refractivity contribution in [1.29, 1.82) is 0 Å². The van der Waals surface area contributed by atoms with E-state index in [4.69, 9.17) is 9.47 Å². The van der Waals surface area contributed by atoms with E-state index < -0.39 is 12.1 Å². The van der Waals surface area contributed by atoms with Crippen molar-refractivity contribution in [3.05, 3.63) is 48.3 Å². The third kappa shape index (κ3) is 10.5. The Kier molecular flexibility index (Phi) is 15.3. The number of nitrogens with zero attached hydrogens (tertiary/aromatic N) is 2. The van der Waals surface area contributed by atoms with E-state index in [2.05, 4.69) is 13.5 Å². The zero-order valence-electron chi connectivity index (χ0n) is 21.8. The second-order valence-corrected chi connectivity index (χ2v) is 8.79. The van der Waals surface area contributed by atoms with Crippen molar-refractivity contribution in [3.8, 4) is 0 Å². The van der Waals surface area contributed by atoms with E-state index in [9.17, 15) is 9.59 Å². The standard InChI is InChI=1S/C18H24N2O3S.C6H12O.C2H6/c1-12(2)17-16(23-13(3)21)18(22)20(11-10-19(4)5)14-8-6-7-9-15(14)24-17;1-4-5-6(2)7-3;1-2/h6-9,16-17H,1,10-11H2,2-5H3;5H,4H2,1-3H3;1-2H3/b;6-5+;. The number of rotatable bonds is 7. The number of para-hydroxylation sites is 1. The summed E-state index contributed by atoms with van der Waals surface area (Å²) in [5.74, 6) is 0.346. The van der Waals surface area contributed by atoms with Crippen LogP contribution >= 0.6 is 11.8 Å². The number of hydrogen-bond acceptors (Lipinski definition) is 6. The van der Waals surface area contributed by atoms with Crippen LogP contribution in [0.2, 0.25) is 0 Å². The van der Waals surface area contributed by atoms with Crippen LogP contribution in [0.4, 0.5) is 5.69 Å². The first-order valence-electron chi connectivity index (χ1n) is 11.4. The van der Waals surface area contributed by atoms with Gasteiger partial charge in [-0.15, -0.1) is 11.8 Å². The quantitative estimate of drug-likeness (QED) is 0.291. The molecular formula is C26H42N2O4S. The molecular weight excluding hydrogens is 436 g/mol. The normalized spacial score (nSPS) is 17.6. The molecule has 33 heavy (non-hydrogen) atoms. The van der Waals surface area contributed by atoms with Gasteiger partial charge in [-0.25, -0.2) is 0 Å². The molecule has 0 aromatic heterocycles. The molecule has 0 aliphatic carbocycles. The maximum absolute atomic E-state index is 13.1. The summed E-state index contributed by atoms with van der Waals surface area (Å²) in [5.41, 5.74) is 1.67. The fourth-order valence-electron chi connectivity index (χ4n) is 2.93. The van der Waals surface area contributed by atoms with Crippen LogP contribution in [0, 0.1) is 0 Å². The van der Waals surface area contributed by atoms with E-state index in [0.717, 1.165) is 34.9 Å². The third-order valence-corrected chi connectivity index (χ3v) is 6.06. The van der Waals surface area contributed by atoms with Crippen molar-refractivity contribution in [3.63, 3.8) is 0 Å². The summed E-state index contributed by atoms with van der Waals surface area (Å²) < 4.78 is 10.3. The molecule has 0 N–H and O–H groups in total. The Labute approximate surface area is 205 Å². The minimum Gasteiger partial charge on any atom is -0.502 e. The number of allylic oxidation sites excluding steroid dienone is 2. The van der Waals surface area contributed by atoms with E-state index >= 15 is 0 Å². The molecule has 0 saturated carbocycles. The van der Waals surface area contributed by atoms with E-state index in [-0.39, 0.29) is 11.2 Å². The molecule has 186 valence electrons. The topological polar surface area (TPSA) is 59.1 Å². The number of carbonyl (C=O) groups excluding carboxylic acids is 2. The fraction of sp³-hybridized carbons (Fsp3) is 0.538. The van der Waals surface area contributed by atoms with E-state index in [1.165, 1.54) is 18.7 Å². The molecule has 2 rings (SSSR count). The van der Waals surface area contributed by atoms with Crippen LogP contribution in [0.1, 0.15) is 48.0 Å². The van der Waals surface area contributed by atoms with Gasteiger partial charge in [-0.1, -0.05) is 45.1 Å². The number of methoxy groups -OCH3 is 1. The molecule has 1 heterocycles. The van der Waals surface area contributed by atoms with Crippen molar-refractivity contribution < 1.29 is 19.1 Å². The van der Waals surface area contributed by atoms with Crippen molar-refractivity contribution in [2.45, 2.75) is 64.2 Å². The van der Waals surface area contributed by atoms with Crippen LogP contribution in [-0.4, -0.2) is 62.4 Å². The predicted molar refractivity (Wildman–Crippen MR) is 140 cm³/mol. The van der Waals surface area contributed by atoms with Gasteiger partial charge in [-0.2, -0.15) is 0 Å². The number of amides is 1. The number of anilines is 1. The zero-order chi connectivity index (χ0) is 25.6. The van der Waals surface area contributed by atoms with Gasteiger partial charge in [0.2, 0.25) is 0 Å². The van der Waals surface area contributed by atoms with Crippen LogP contribution in [0.3, 0.4) is 0 Å². The van der Waals surface area contributed by atoms with Gasteiger partial charge < -0.3 is 19.3 Å². The van der Waals surface area contributed by atoms with Crippen LogP contribution in [0.15, 0.2) is 53.1 Å². The molecule has 1 aromatic rings. The largest absolute Gasteiger partial charge is 0.502 e. The van der Waals surface area contributed by atoms with Crippen molar-refractivity contribution in [1.82, 2.24) is 4.90 Å². The van der Waals surface area contributed by atoms with Crippen molar-refractivity contribution in [2.24, 2.45) is 0 Å². The highest BCUT2D eigenvalue weighted by Gasteiger charge is 2.40. The maximum atomic E-state index is 13.1. The van der Waals surface area contributed by atoms with Gasteiger partial charge in [0.25, 0.3) is 5.91 Å². The smallest absolute Gasteiger partial charge is 0.303 e. The number of hydrogen-bond donors (Lipinski definition) is 0. The minimum absolute atomic E-state index is 0.197. The monoisotopic (exact) mass is 478 g/mol. The highest BCUT2D eigenvalue weighted by molar-refractivity contribution is 8.00. The molecule has 1 aliphatic heterocycles. The summed E-state index contributed by atoms with van der Waals surface area (Å²) in [7, 11) is 5.61. The Morgan fingerprint density at radius 2 is 1.82 bits per heavy atom. The highest BCUT2D eigenvalue weighted by atomic mass is 32.2. The molecule has 0 spiro atoms. The molecule has 1 aliphatic rings. The van der Waals surface area contributed by atoms with Crippen molar-refractivity contribution >= 4 is 29.3 Å². The van der Waals surface area contributed by atoms with Gasteiger partial charge in [0.1, 0.15) is 0 Å². The van der Waals surface area contributed by atoms with E-state index in [1.807, 2.05) is 77.0 Å². The lowest BCUT2D eigenvalue weighted by Crippen LogP contribution is -2.47. The van der Waals surface area contributed by atoms with Gasteiger partial charge >= 0.3 is 5.97 Å². The fourth-order valence-corrected chi connectivity index (χ4v) is 4.16. The van der Waals surface area contributed by atoms with Gasteiger partial charge in [0.05, 0.1) is 23.8 Å².